The van der Waals surface area contributed by atoms with Crippen LogP contribution >= 0.6 is 23.2 Å². The molecule has 32 heavy (non-hydrogen) atoms. The second-order valence-electron chi connectivity index (χ2n) is 7.99. The van der Waals surface area contributed by atoms with Gasteiger partial charge in [-0.3, -0.25) is 4.79 Å². The Morgan fingerprint density at radius 2 is 1.62 bits per heavy atom. The van der Waals surface area contributed by atoms with Crippen LogP contribution in [0.5, 0.6) is 0 Å². The number of alkyl carbamates (subject to hydrolysis) is 1. The van der Waals surface area contributed by atoms with Crippen molar-refractivity contribution in [1.29, 1.82) is 0 Å². The van der Waals surface area contributed by atoms with E-state index in [1.807, 2.05) is 6.07 Å². The molecule has 1 unspecified atom stereocenters. The van der Waals surface area contributed by atoms with Crippen molar-refractivity contribution in [3.63, 3.8) is 0 Å². The molecule has 0 bridgehead atoms. The highest BCUT2D eigenvalue weighted by molar-refractivity contribution is 6.35. The lowest BCUT2D eigenvalue weighted by atomic mass is 10.0. The largest absolute Gasteiger partial charge is 0.444 e. The molecule has 1 atom stereocenters. The van der Waals surface area contributed by atoms with Crippen molar-refractivity contribution in [1.82, 2.24) is 10.6 Å². The molecule has 2 aromatic rings. The molecule has 9 heteroatoms. The third kappa shape index (κ3) is 6.84. The van der Waals surface area contributed by atoms with Gasteiger partial charge in [0.2, 0.25) is 11.7 Å². The molecule has 2 rings (SSSR count). The van der Waals surface area contributed by atoms with Crippen molar-refractivity contribution in [3.05, 3.63) is 69.7 Å². The van der Waals surface area contributed by atoms with Gasteiger partial charge < -0.3 is 24.8 Å². The van der Waals surface area contributed by atoms with E-state index in [0.717, 1.165) is 0 Å². The van der Waals surface area contributed by atoms with Crippen LogP contribution in [0.15, 0.2) is 48.5 Å². The fourth-order valence-electron chi connectivity index (χ4n) is 3.02. The Hall–Kier alpha value is -2.32. The van der Waals surface area contributed by atoms with Crippen molar-refractivity contribution >= 4 is 35.2 Å². The number of benzene rings is 2. The molecule has 174 valence electrons. The fraction of sp³-hybridized carbons (Fsp3) is 0.391. The number of methoxy groups -OCH3 is 2. The van der Waals surface area contributed by atoms with Crippen LogP contribution in [0, 0.1) is 0 Å². The molecule has 0 radical (unpaired) electrons. The second-order valence-corrected chi connectivity index (χ2v) is 8.84. The van der Waals surface area contributed by atoms with E-state index in [0.29, 0.717) is 21.2 Å². The number of ether oxygens (including phenoxy) is 3. The normalized spacial score (nSPS) is 12.7. The summed E-state index contributed by atoms with van der Waals surface area (Å²) in [6.45, 7) is 5.14. The minimum absolute atomic E-state index is 0.0838. The van der Waals surface area contributed by atoms with Crippen LogP contribution in [0.4, 0.5) is 4.79 Å². The highest BCUT2D eigenvalue weighted by atomic mass is 35.5. The summed E-state index contributed by atoms with van der Waals surface area (Å²) in [4.78, 5) is 25.5. The summed E-state index contributed by atoms with van der Waals surface area (Å²) in [5.74, 6) is -1.85. The van der Waals surface area contributed by atoms with Crippen molar-refractivity contribution in [2.75, 3.05) is 20.8 Å². The van der Waals surface area contributed by atoms with E-state index in [2.05, 4.69) is 10.6 Å². The predicted octanol–water partition coefficient (Wildman–Crippen LogP) is 4.82. The van der Waals surface area contributed by atoms with E-state index < -0.39 is 29.4 Å². The van der Waals surface area contributed by atoms with Crippen molar-refractivity contribution in [2.45, 2.75) is 38.2 Å². The summed E-state index contributed by atoms with van der Waals surface area (Å²) >= 11 is 12.3. The number of nitrogens with one attached hydrogen (secondary N) is 2. The smallest absolute Gasteiger partial charge is 0.408 e. The topological polar surface area (TPSA) is 85.9 Å². The molecule has 0 aromatic heterocycles. The van der Waals surface area contributed by atoms with Gasteiger partial charge in [-0.2, -0.15) is 0 Å². The third-order valence-corrected chi connectivity index (χ3v) is 5.10. The van der Waals surface area contributed by atoms with Crippen LogP contribution in [0.2, 0.25) is 10.0 Å². The van der Waals surface area contributed by atoms with E-state index in [4.69, 9.17) is 37.4 Å². The predicted molar refractivity (Wildman–Crippen MR) is 124 cm³/mol. The first kappa shape index (κ1) is 25.9. The monoisotopic (exact) mass is 482 g/mol. The Morgan fingerprint density at radius 1 is 1.00 bits per heavy atom. The van der Waals surface area contributed by atoms with E-state index in [1.54, 1.807) is 63.2 Å². The van der Waals surface area contributed by atoms with E-state index in [1.165, 1.54) is 14.2 Å². The van der Waals surface area contributed by atoms with Crippen LogP contribution in [0.1, 0.15) is 37.9 Å². The third-order valence-electron chi connectivity index (χ3n) is 4.55. The lowest BCUT2D eigenvalue weighted by molar-refractivity contribution is -0.212. The number of carbonyl (C=O) groups excluding carboxylic acids is 2. The van der Waals surface area contributed by atoms with Gasteiger partial charge in [-0.25, -0.2) is 4.79 Å². The average molecular weight is 483 g/mol. The molecule has 0 spiro atoms. The molecule has 0 fully saturated rings. The van der Waals surface area contributed by atoms with E-state index >= 15 is 0 Å². The Bertz CT molecular complexity index is 928. The molecule has 0 saturated carbocycles. The lowest BCUT2D eigenvalue weighted by Crippen LogP contribution is -2.48. The van der Waals surface area contributed by atoms with Crippen molar-refractivity contribution in [3.8, 4) is 0 Å². The zero-order valence-corrected chi connectivity index (χ0v) is 20.2. The van der Waals surface area contributed by atoms with Crippen LogP contribution in [-0.4, -0.2) is 38.4 Å². The summed E-state index contributed by atoms with van der Waals surface area (Å²) in [5, 5.41) is 6.18. The minimum Gasteiger partial charge on any atom is -0.444 e. The Morgan fingerprint density at radius 3 is 2.16 bits per heavy atom. The van der Waals surface area contributed by atoms with E-state index in [9.17, 15) is 9.59 Å². The van der Waals surface area contributed by atoms with Gasteiger partial charge >= 0.3 is 6.09 Å². The van der Waals surface area contributed by atoms with E-state index in [-0.39, 0.29) is 6.54 Å². The molecular weight excluding hydrogens is 455 g/mol. The molecule has 2 N–H and O–H groups in total. The standard InChI is InChI=1S/C23H28Cl2N2O5/c1-22(2,3)32-21(29)27-19(15-9-7-6-8-10-15)20(28)26-14-23(30-4,31-5)17-12-11-16(24)13-18(17)25/h6-13,19H,14H2,1-5H3,(H,26,28)(H,27,29). The number of halogens is 2. The maximum atomic E-state index is 13.1. The summed E-state index contributed by atoms with van der Waals surface area (Å²) < 4.78 is 16.5. The Balaban J connectivity index is 2.26. The summed E-state index contributed by atoms with van der Waals surface area (Å²) in [7, 11) is 2.88. The average Bonchev–Trinajstić information content (AvgIpc) is 2.73. The molecule has 0 aliphatic carbocycles. The Labute approximate surface area is 198 Å². The zero-order chi connectivity index (χ0) is 23.9. The van der Waals surface area contributed by atoms with Crippen LogP contribution in [0.3, 0.4) is 0 Å². The molecule has 0 aliphatic rings. The van der Waals surface area contributed by atoms with Gasteiger partial charge in [0.05, 0.1) is 11.6 Å². The maximum Gasteiger partial charge on any atom is 0.408 e. The van der Waals surface area contributed by atoms with Crippen molar-refractivity contribution in [2.24, 2.45) is 0 Å². The van der Waals surface area contributed by atoms with Gasteiger partial charge in [0.25, 0.3) is 0 Å². The van der Waals surface area contributed by atoms with Gasteiger partial charge in [0.15, 0.2) is 0 Å². The maximum absolute atomic E-state index is 13.1. The Kier molecular flexibility index (Phi) is 8.92. The quantitative estimate of drug-likeness (QED) is 0.526. The lowest BCUT2D eigenvalue weighted by Gasteiger charge is -2.33. The molecule has 0 saturated heterocycles. The number of hydrogen-bond donors (Lipinski definition) is 2. The SMILES string of the molecule is COC(CNC(=O)C(NC(=O)OC(C)(C)C)c1ccccc1)(OC)c1ccc(Cl)cc1Cl. The van der Waals surface area contributed by atoms with Gasteiger partial charge in [-0.1, -0.05) is 59.6 Å². The van der Waals surface area contributed by atoms with Crippen LogP contribution < -0.4 is 10.6 Å². The summed E-state index contributed by atoms with van der Waals surface area (Å²) in [6.07, 6.45) is -0.716. The second kappa shape index (κ2) is 11.0. The summed E-state index contributed by atoms with van der Waals surface area (Å²) in [5.41, 5.74) is 0.361. The summed E-state index contributed by atoms with van der Waals surface area (Å²) in [6, 6.07) is 12.7. The van der Waals surface area contributed by atoms with Gasteiger partial charge in [0, 0.05) is 24.8 Å². The van der Waals surface area contributed by atoms with Crippen LogP contribution in [-0.2, 0) is 24.8 Å². The highest BCUT2D eigenvalue weighted by Crippen LogP contribution is 2.33. The van der Waals surface area contributed by atoms with Gasteiger partial charge in [0.1, 0.15) is 11.6 Å². The first-order valence-electron chi connectivity index (χ1n) is 9.89. The molecule has 2 amide bonds. The number of carbonyl (C=O) groups is 2. The number of rotatable bonds is 8. The van der Waals surface area contributed by atoms with Gasteiger partial charge in [-0.15, -0.1) is 0 Å². The minimum atomic E-state index is -1.37. The molecular formula is C23H28Cl2N2O5. The first-order chi connectivity index (χ1) is 15.0. The highest BCUT2D eigenvalue weighted by Gasteiger charge is 2.36. The fourth-order valence-corrected chi connectivity index (χ4v) is 3.57. The molecule has 0 aliphatic heterocycles. The molecule has 7 nitrogen and oxygen atoms in total. The first-order valence-corrected chi connectivity index (χ1v) is 10.6. The molecule has 0 heterocycles. The van der Waals surface area contributed by atoms with Gasteiger partial charge in [-0.05, 0) is 38.5 Å². The number of amides is 2. The van der Waals surface area contributed by atoms with Crippen LogP contribution in [0.25, 0.3) is 0 Å². The number of hydrogen-bond acceptors (Lipinski definition) is 5. The van der Waals surface area contributed by atoms with Crippen molar-refractivity contribution < 1.29 is 23.8 Å². The molecule has 2 aromatic carbocycles. The zero-order valence-electron chi connectivity index (χ0n) is 18.7.